The molecule has 4 nitrogen and oxygen atoms in total. The Balaban J connectivity index is 0.000000252. The van der Waals surface area contributed by atoms with Crippen molar-refractivity contribution in [2.24, 2.45) is 0 Å². The minimum atomic E-state index is -0.218. The van der Waals surface area contributed by atoms with Crippen LogP contribution in [0.2, 0.25) is 0 Å². The number of ketones is 2. The molecule has 0 fully saturated rings. The van der Waals surface area contributed by atoms with Gasteiger partial charge in [0.1, 0.15) is 5.69 Å². The van der Waals surface area contributed by atoms with Crippen LogP contribution in [0.3, 0.4) is 0 Å². The molecule has 0 aliphatic heterocycles. The van der Waals surface area contributed by atoms with Crippen molar-refractivity contribution >= 4 is 11.6 Å². The topological polar surface area (TPSA) is 62.8 Å². The molecule has 1 aromatic rings. The van der Waals surface area contributed by atoms with E-state index in [1.165, 1.54) is 13.8 Å². The molecule has 0 unspecified atom stereocenters. The normalized spacial score (nSPS) is 7.77. The molecular weight excluding hydrogens is 168 g/mol. The zero-order valence-electron chi connectivity index (χ0n) is 7.50. The first-order valence-electron chi connectivity index (χ1n) is 3.55. The highest BCUT2D eigenvalue weighted by atomic mass is 16.1. The van der Waals surface area contributed by atoms with Crippen molar-refractivity contribution in [3.63, 3.8) is 0 Å². The maximum atomic E-state index is 10.4. The first-order chi connectivity index (χ1) is 6.07. The van der Waals surface area contributed by atoms with Crippen LogP contribution in [-0.4, -0.2) is 21.8 Å². The summed E-state index contributed by atoms with van der Waals surface area (Å²) in [4.78, 5) is 20.0. The Kier molecular flexibility index (Phi) is 4.89. The zero-order valence-corrected chi connectivity index (χ0v) is 7.50. The molecule has 13 heavy (non-hydrogen) atoms. The van der Waals surface area contributed by atoms with Gasteiger partial charge in [0.05, 0.1) is 0 Å². The Labute approximate surface area is 76.3 Å². The second-order valence-electron chi connectivity index (χ2n) is 2.23. The molecule has 1 heterocycles. The Morgan fingerprint density at radius 2 is 2.08 bits per heavy atom. The molecule has 0 aromatic carbocycles. The summed E-state index contributed by atoms with van der Waals surface area (Å²) in [7, 11) is 0. The summed E-state index contributed by atoms with van der Waals surface area (Å²) >= 11 is 0. The summed E-state index contributed by atoms with van der Waals surface area (Å²) < 4.78 is 0. The third-order valence-electron chi connectivity index (χ3n) is 1.08. The average Bonchev–Trinajstić information content (AvgIpc) is 2.57. The van der Waals surface area contributed by atoms with Gasteiger partial charge in [0.2, 0.25) is 5.78 Å². The minimum absolute atomic E-state index is 0.0162. The molecule has 1 N–H and O–H groups in total. The highest BCUT2D eigenvalue weighted by molar-refractivity contribution is 5.92. The van der Waals surface area contributed by atoms with E-state index in [4.69, 9.17) is 0 Å². The van der Waals surface area contributed by atoms with E-state index in [2.05, 4.69) is 16.6 Å². The lowest BCUT2D eigenvalue weighted by Crippen LogP contribution is -1.90. The molecule has 0 bridgehead atoms. The van der Waals surface area contributed by atoms with E-state index in [0.29, 0.717) is 5.69 Å². The van der Waals surface area contributed by atoms with Crippen LogP contribution in [0, 0.1) is 12.3 Å². The number of aromatic nitrogens is 2. The SMILES string of the molecule is C#CC(C)=O.CC(=O)c1ccn[nH]1. The fraction of sp³-hybridized carbons (Fsp3) is 0.222. The van der Waals surface area contributed by atoms with E-state index < -0.39 is 0 Å². The van der Waals surface area contributed by atoms with Crippen LogP contribution in [0.15, 0.2) is 12.3 Å². The van der Waals surface area contributed by atoms with E-state index in [0.717, 1.165) is 0 Å². The molecule has 68 valence electrons. The van der Waals surface area contributed by atoms with E-state index >= 15 is 0 Å². The molecular formula is C9H10N2O2. The molecule has 1 rings (SSSR count). The summed E-state index contributed by atoms with van der Waals surface area (Å²) in [6.07, 6.45) is 6.12. The van der Waals surface area contributed by atoms with Crippen LogP contribution in [-0.2, 0) is 4.79 Å². The zero-order chi connectivity index (χ0) is 10.3. The van der Waals surface area contributed by atoms with Gasteiger partial charge >= 0.3 is 0 Å². The number of nitrogens with zero attached hydrogens (tertiary/aromatic N) is 1. The van der Waals surface area contributed by atoms with Gasteiger partial charge in [-0.1, -0.05) is 0 Å². The Morgan fingerprint density at radius 3 is 2.23 bits per heavy atom. The molecule has 0 saturated heterocycles. The lowest BCUT2D eigenvalue weighted by molar-refractivity contribution is -0.111. The van der Waals surface area contributed by atoms with E-state index in [1.54, 1.807) is 12.3 Å². The highest BCUT2D eigenvalue weighted by Crippen LogP contribution is 1.90. The quantitative estimate of drug-likeness (QED) is 0.393. The molecule has 4 heteroatoms. The molecule has 0 saturated carbocycles. The number of carbonyl (C=O) groups is 2. The van der Waals surface area contributed by atoms with Crippen LogP contribution in [0.25, 0.3) is 0 Å². The van der Waals surface area contributed by atoms with Crippen molar-refractivity contribution in [2.75, 3.05) is 0 Å². The number of Topliss-reactive ketones (excluding diaryl/α,β-unsaturated/α-hetero) is 2. The minimum Gasteiger partial charge on any atom is -0.293 e. The lowest BCUT2D eigenvalue weighted by Gasteiger charge is -1.80. The number of nitrogens with one attached hydrogen (secondary N) is 1. The van der Waals surface area contributed by atoms with Gasteiger partial charge in [-0.25, -0.2) is 0 Å². The predicted molar refractivity (Wildman–Crippen MR) is 48.1 cm³/mol. The molecule has 0 atom stereocenters. The molecule has 0 radical (unpaired) electrons. The number of aromatic amines is 1. The summed E-state index contributed by atoms with van der Waals surface area (Å²) in [6.45, 7) is 2.84. The van der Waals surface area contributed by atoms with Gasteiger partial charge < -0.3 is 0 Å². The van der Waals surface area contributed by atoms with Gasteiger partial charge in [0, 0.05) is 20.0 Å². The Bertz CT molecular complexity index is 320. The first-order valence-corrected chi connectivity index (χ1v) is 3.55. The molecule has 1 aromatic heterocycles. The van der Waals surface area contributed by atoms with Crippen LogP contribution < -0.4 is 0 Å². The van der Waals surface area contributed by atoms with Gasteiger partial charge in [-0.15, -0.1) is 6.42 Å². The monoisotopic (exact) mass is 178 g/mol. The number of hydrogen-bond donors (Lipinski definition) is 1. The number of rotatable bonds is 1. The van der Waals surface area contributed by atoms with Crippen LogP contribution in [0.1, 0.15) is 24.3 Å². The van der Waals surface area contributed by atoms with Crippen molar-refractivity contribution in [3.8, 4) is 12.3 Å². The van der Waals surface area contributed by atoms with Crippen LogP contribution >= 0.6 is 0 Å². The fourth-order valence-corrected chi connectivity index (χ4v) is 0.452. The van der Waals surface area contributed by atoms with Gasteiger partial charge in [0.15, 0.2) is 5.78 Å². The van der Waals surface area contributed by atoms with Crippen LogP contribution in [0.5, 0.6) is 0 Å². The Morgan fingerprint density at radius 1 is 1.54 bits per heavy atom. The largest absolute Gasteiger partial charge is 0.293 e. The second-order valence-corrected chi connectivity index (χ2v) is 2.23. The van der Waals surface area contributed by atoms with Crippen molar-refractivity contribution in [2.45, 2.75) is 13.8 Å². The van der Waals surface area contributed by atoms with E-state index in [-0.39, 0.29) is 11.6 Å². The van der Waals surface area contributed by atoms with Crippen molar-refractivity contribution < 1.29 is 9.59 Å². The molecule has 0 spiro atoms. The summed E-state index contributed by atoms with van der Waals surface area (Å²) in [6, 6.07) is 1.64. The molecule has 0 aliphatic carbocycles. The van der Waals surface area contributed by atoms with Crippen LogP contribution in [0.4, 0.5) is 0 Å². The fourth-order valence-electron chi connectivity index (χ4n) is 0.452. The van der Waals surface area contributed by atoms with Gasteiger partial charge in [-0.3, -0.25) is 14.7 Å². The van der Waals surface area contributed by atoms with Crippen molar-refractivity contribution in [1.29, 1.82) is 0 Å². The maximum absolute atomic E-state index is 10.4. The standard InChI is InChI=1S/C5H6N2O.C4H4O/c1-4(8)5-2-3-6-7-5;1-3-4(2)5/h2-3H,1H3,(H,6,7);1H,2H3. The van der Waals surface area contributed by atoms with Crippen molar-refractivity contribution in [3.05, 3.63) is 18.0 Å². The number of hydrogen-bond acceptors (Lipinski definition) is 3. The number of terminal acetylenes is 1. The summed E-state index contributed by atoms with van der Waals surface area (Å²) in [5.74, 6) is 1.69. The molecule has 0 amide bonds. The lowest BCUT2D eigenvalue weighted by atomic mass is 10.3. The van der Waals surface area contributed by atoms with Crippen molar-refractivity contribution in [1.82, 2.24) is 10.2 Å². The summed E-state index contributed by atoms with van der Waals surface area (Å²) in [5.41, 5.74) is 0.560. The van der Waals surface area contributed by atoms with E-state index in [9.17, 15) is 9.59 Å². The van der Waals surface area contributed by atoms with Gasteiger partial charge in [0.25, 0.3) is 0 Å². The van der Waals surface area contributed by atoms with E-state index in [1.807, 2.05) is 5.92 Å². The molecule has 0 aliphatic rings. The smallest absolute Gasteiger partial charge is 0.202 e. The average molecular weight is 178 g/mol. The highest BCUT2D eigenvalue weighted by Gasteiger charge is 1.95. The predicted octanol–water partition coefficient (Wildman–Crippen LogP) is 0.821. The number of carbonyl (C=O) groups excluding carboxylic acids is 2. The third-order valence-corrected chi connectivity index (χ3v) is 1.08. The first kappa shape index (κ1) is 11.1. The third kappa shape index (κ3) is 5.39. The Hall–Kier alpha value is -1.89. The maximum Gasteiger partial charge on any atom is 0.202 e. The van der Waals surface area contributed by atoms with Gasteiger partial charge in [-0.05, 0) is 12.0 Å². The second kappa shape index (κ2) is 5.72. The summed E-state index contributed by atoms with van der Waals surface area (Å²) in [5, 5.41) is 6.13. The van der Waals surface area contributed by atoms with Gasteiger partial charge in [-0.2, -0.15) is 5.10 Å². The number of H-pyrrole nitrogens is 1.